The van der Waals surface area contributed by atoms with Crippen LogP contribution in [0.1, 0.15) is 39.5 Å². The zero-order chi connectivity index (χ0) is 10.4. The van der Waals surface area contributed by atoms with Gasteiger partial charge in [0.15, 0.2) is 0 Å². The second kappa shape index (κ2) is 5.84. The molecule has 0 bridgehead atoms. The van der Waals surface area contributed by atoms with Gasteiger partial charge < -0.3 is 5.32 Å². The molecule has 0 atom stereocenters. The summed E-state index contributed by atoms with van der Waals surface area (Å²) < 4.78 is 0. The van der Waals surface area contributed by atoms with E-state index < -0.39 is 0 Å². The quantitative estimate of drug-likeness (QED) is 0.542. The number of aliphatic imine (C=N–C) groups is 1. The van der Waals surface area contributed by atoms with Crippen molar-refractivity contribution in [2.45, 2.75) is 39.5 Å². The van der Waals surface area contributed by atoms with Crippen molar-refractivity contribution in [3.8, 4) is 0 Å². The zero-order valence-corrected chi connectivity index (χ0v) is 9.64. The Morgan fingerprint density at radius 3 is 2.50 bits per heavy atom. The summed E-state index contributed by atoms with van der Waals surface area (Å²) in [5, 5.41) is 3.42. The molecular weight excluding hydrogens is 172 g/mol. The molecule has 14 heavy (non-hydrogen) atoms. The number of allylic oxidation sites excluding steroid dienone is 1. The predicted octanol–water partition coefficient (Wildman–Crippen LogP) is 2.76. The first kappa shape index (κ1) is 11.3. The molecule has 1 fully saturated rings. The maximum atomic E-state index is 4.22. The van der Waals surface area contributed by atoms with E-state index in [-0.39, 0.29) is 0 Å². The van der Waals surface area contributed by atoms with Crippen LogP contribution in [0.15, 0.2) is 16.6 Å². The molecule has 1 saturated carbocycles. The molecule has 0 amide bonds. The lowest BCUT2D eigenvalue weighted by Crippen LogP contribution is -2.27. The smallest absolute Gasteiger partial charge is 0.120 e. The second-order valence-corrected chi connectivity index (χ2v) is 4.36. The first-order valence-electron chi connectivity index (χ1n) is 5.58. The van der Waals surface area contributed by atoms with E-state index in [1.165, 1.54) is 31.3 Å². The van der Waals surface area contributed by atoms with Crippen LogP contribution in [-0.2, 0) is 0 Å². The van der Waals surface area contributed by atoms with E-state index in [0.717, 1.165) is 18.3 Å². The first-order valence-corrected chi connectivity index (χ1v) is 5.58. The summed E-state index contributed by atoms with van der Waals surface area (Å²) in [5.74, 6) is 1.90. The van der Waals surface area contributed by atoms with Gasteiger partial charge in [-0.25, -0.2) is 0 Å². The fourth-order valence-corrected chi connectivity index (χ4v) is 1.93. The molecule has 80 valence electrons. The fourth-order valence-electron chi connectivity index (χ4n) is 1.93. The minimum absolute atomic E-state index is 0.873. The highest BCUT2D eigenvalue weighted by atomic mass is 15.0. The molecule has 2 nitrogen and oxygen atoms in total. The van der Waals surface area contributed by atoms with E-state index in [0.29, 0.717) is 0 Å². The number of nitrogens with one attached hydrogen (secondary N) is 1. The summed E-state index contributed by atoms with van der Waals surface area (Å²) in [5.41, 5.74) is 1.30. The van der Waals surface area contributed by atoms with Crippen molar-refractivity contribution in [1.82, 2.24) is 5.32 Å². The Hall–Kier alpha value is -0.790. The highest BCUT2D eigenvalue weighted by Crippen LogP contribution is 2.23. The number of nitrogens with zero attached hydrogens (tertiary/aromatic N) is 1. The van der Waals surface area contributed by atoms with Crippen molar-refractivity contribution in [3.63, 3.8) is 0 Å². The lowest BCUT2D eigenvalue weighted by Gasteiger charge is -2.11. The predicted molar refractivity (Wildman–Crippen MR) is 62.8 cm³/mol. The number of hydrogen-bond donors (Lipinski definition) is 1. The lowest BCUT2D eigenvalue weighted by atomic mass is 10.1. The summed E-state index contributed by atoms with van der Waals surface area (Å²) >= 11 is 0. The maximum Gasteiger partial charge on any atom is 0.120 e. The van der Waals surface area contributed by atoms with Crippen LogP contribution in [0.4, 0.5) is 0 Å². The Morgan fingerprint density at radius 1 is 1.36 bits per heavy atom. The topological polar surface area (TPSA) is 24.4 Å². The molecule has 0 heterocycles. The molecular formula is C12H22N2. The third-order valence-corrected chi connectivity index (χ3v) is 2.71. The first-order chi connectivity index (χ1) is 6.72. The molecule has 0 aliphatic heterocycles. The highest BCUT2D eigenvalue weighted by Gasteiger charge is 2.14. The molecule has 0 unspecified atom stereocenters. The highest BCUT2D eigenvalue weighted by molar-refractivity contribution is 5.93. The molecule has 0 aromatic carbocycles. The van der Waals surface area contributed by atoms with Gasteiger partial charge in [-0.1, -0.05) is 18.4 Å². The van der Waals surface area contributed by atoms with Gasteiger partial charge in [-0.3, -0.25) is 4.99 Å². The molecule has 1 aliphatic rings. The summed E-state index contributed by atoms with van der Waals surface area (Å²) in [6, 6.07) is 0. The minimum atomic E-state index is 0.873. The van der Waals surface area contributed by atoms with Crippen LogP contribution < -0.4 is 5.32 Å². The summed E-state index contributed by atoms with van der Waals surface area (Å²) in [7, 11) is 1.84. The Morgan fingerprint density at radius 2 is 2.00 bits per heavy atom. The van der Waals surface area contributed by atoms with Crippen molar-refractivity contribution in [1.29, 1.82) is 0 Å². The van der Waals surface area contributed by atoms with E-state index >= 15 is 0 Å². The number of amidine groups is 1. The standard InChI is InChI=1S/C12H22N2/c1-10(2)8-12(13-3)14-9-11-6-4-5-7-11/h8,11H,4-7,9H2,1-3H3,(H,13,14). The van der Waals surface area contributed by atoms with Crippen LogP contribution in [-0.4, -0.2) is 19.4 Å². The Labute approximate surface area is 87.5 Å². The number of rotatable bonds is 3. The maximum absolute atomic E-state index is 4.22. The van der Waals surface area contributed by atoms with E-state index in [9.17, 15) is 0 Å². The van der Waals surface area contributed by atoms with E-state index in [1.807, 2.05) is 7.05 Å². The van der Waals surface area contributed by atoms with Gasteiger partial charge in [-0.2, -0.15) is 0 Å². The third kappa shape index (κ3) is 3.95. The Bertz CT molecular complexity index is 218. The molecule has 2 heteroatoms. The van der Waals surface area contributed by atoms with Crippen molar-refractivity contribution >= 4 is 5.84 Å². The molecule has 1 aliphatic carbocycles. The Kier molecular flexibility index (Phi) is 4.71. The van der Waals surface area contributed by atoms with Crippen molar-refractivity contribution < 1.29 is 0 Å². The SMILES string of the molecule is CN=C(C=C(C)C)NCC1CCCC1. The van der Waals surface area contributed by atoms with Gasteiger partial charge >= 0.3 is 0 Å². The molecule has 1 rings (SSSR count). The van der Waals surface area contributed by atoms with Gasteiger partial charge in [0.2, 0.25) is 0 Å². The third-order valence-electron chi connectivity index (χ3n) is 2.71. The van der Waals surface area contributed by atoms with Crippen molar-refractivity contribution in [2.75, 3.05) is 13.6 Å². The molecule has 1 N–H and O–H groups in total. The van der Waals surface area contributed by atoms with Crippen LogP contribution in [0.25, 0.3) is 0 Å². The van der Waals surface area contributed by atoms with E-state index in [2.05, 4.69) is 30.2 Å². The second-order valence-electron chi connectivity index (χ2n) is 4.36. The van der Waals surface area contributed by atoms with Gasteiger partial charge in [0, 0.05) is 13.6 Å². The van der Waals surface area contributed by atoms with Crippen molar-refractivity contribution in [3.05, 3.63) is 11.6 Å². The van der Waals surface area contributed by atoms with Gasteiger partial charge in [-0.05, 0) is 38.7 Å². The van der Waals surface area contributed by atoms with Gasteiger partial charge in [-0.15, -0.1) is 0 Å². The fraction of sp³-hybridized carbons (Fsp3) is 0.750. The largest absolute Gasteiger partial charge is 0.370 e. The molecule has 0 aromatic heterocycles. The van der Waals surface area contributed by atoms with E-state index in [1.54, 1.807) is 0 Å². The van der Waals surface area contributed by atoms with Gasteiger partial charge in [0.25, 0.3) is 0 Å². The van der Waals surface area contributed by atoms with Crippen LogP contribution in [0.5, 0.6) is 0 Å². The normalized spacial score (nSPS) is 18.4. The number of hydrogen-bond acceptors (Lipinski definition) is 1. The van der Waals surface area contributed by atoms with Crippen LogP contribution >= 0.6 is 0 Å². The van der Waals surface area contributed by atoms with Gasteiger partial charge in [0.1, 0.15) is 5.84 Å². The Balaban J connectivity index is 2.31. The van der Waals surface area contributed by atoms with E-state index in [4.69, 9.17) is 0 Å². The van der Waals surface area contributed by atoms with Crippen LogP contribution in [0.3, 0.4) is 0 Å². The zero-order valence-electron chi connectivity index (χ0n) is 9.64. The monoisotopic (exact) mass is 194 g/mol. The molecule has 0 saturated heterocycles. The molecule has 0 aromatic rings. The summed E-state index contributed by atoms with van der Waals surface area (Å²) in [6.45, 7) is 5.29. The van der Waals surface area contributed by atoms with Crippen molar-refractivity contribution in [2.24, 2.45) is 10.9 Å². The average molecular weight is 194 g/mol. The van der Waals surface area contributed by atoms with Crippen LogP contribution in [0, 0.1) is 5.92 Å². The average Bonchev–Trinajstić information content (AvgIpc) is 2.64. The lowest BCUT2D eigenvalue weighted by molar-refractivity contribution is 0.536. The molecule has 0 spiro atoms. The van der Waals surface area contributed by atoms with Crippen LogP contribution in [0.2, 0.25) is 0 Å². The summed E-state index contributed by atoms with van der Waals surface area (Å²) in [4.78, 5) is 4.22. The minimum Gasteiger partial charge on any atom is -0.370 e. The summed E-state index contributed by atoms with van der Waals surface area (Å²) in [6.07, 6.45) is 7.70. The molecule has 0 radical (unpaired) electrons. The van der Waals surface area contributed by atoms with Gasteiger partial charge in [0.05, 0.1) is 0 Å².